The lowest BCUT2D eigenvalue weighted by molar-refractivity contribution is 0.0115. The van der Waals surface area contributed by atoms with Crippen LogP contribution in [0.15, 0.2) is 22.7 Å². The third kappa shape index (κ3) is 3.51. The Morgan fingerprint density at radius 2 is 2.26 bits per heavy atom. The van der Waals surface area contributed by atoms with Gasteiger partial charge in [-0.2, -0.15) is 0 Å². The normalized spacial score (nSPS) is 18.5. The van der Waals surface area contributed by atoms with Crippen molar-refractivity contribution in [2.75, 3.05) is 20.2 Å². The Labute approximate surface area is 118 Å². The van der Waals surface area contributed by atoms with E-state index < -0.39 is 11.9 Å². The molecule has 0 spiro atoms. The molecule has 6 heteroatoms. The molecule has 0 unspecified atom stereocenters. The Kier molecular flexibility index (Phi) is 4.20. The number of esters is 1. The van der Waals surface area contributed by atoms with Crippen molar-refractivity contribution in [1.29, 1.82) is 0 Å². The van der Waals surface area contributed by atoms with Gasteiger partial charge in [0.05, 0.1) is 19.2 Å². The molecule has 0 amide bonds. The molecule has 19 heavy (non-hydrogen) atoms. The van der Waals surface area contributed by atoms with Gasteiger partial charge in [-0.05, 0) is 23.8 Å². The first-order valence-electron chi connectivity index (χ1n) is 5.88. The number of benzene rings is 1. The number of likely N-dealkylation sites (tertiary alicyclic amines) is 1. The molecule has 1 aliphatic heterocycles. The van der Waals surface area contributed by atoms with Gasteiger partial charge in [0.1, 0.15) is 0 Å². The largest absolute Gasteiger partial charge is 0.465 e. The van der Waals surface area contributed by atoms with Crippen LogP contribution in [0.3, 0.4) is 0 Å². The zero-order chi connectivity index (χ0) is 14.0. The molecule has 2 rings (SSSR count). The first kappa shape index (κ1) is 14.4. The molecule has 1 aromatic rings. The van der Waals surface area contributed by atoms with E-state index in [0.717, 1.165) is 4.47 Å². The second-order valence-electron chi connectivity index (χ2n) is 4.61. The van der Waals surface area contributed by atoms with E-state index >= 15 is 0 Å². The number of ether oxygens (including phenoxy) is 1. The van der Waals surface area contributed by atoms with E-state index in [1.807, 2.05) is 0 Å². The summed E-state index contributed by atoms with van der Waals surface area (Å²) in [5, 5.41) is 0. The topological polar surface area (TPSA) is 29.5 Å². The fraction of sp³-hybridized carbons (Fsp3) is 0.462. The van der Waals surface area contributed by atoms with Crippen LogP contribution in [0.2, 0.25) is 0 Å². The standard InChI is InChI=1S/C13H14BrF2NO2/c1-19-12(18)11-3-2-10(14)6-9(11)7-17-5-4-13(15,16)8-17/h2-3,6H,4-5,7-8H2,1H3. The summed E-state index contributed by atoms with van der Waals surface area (Å²) in [6.07, 6.45) is -0.130. The second kappa shape index (κ2) is 5.54. The van der Waals surface area contributed by atoms with Gasteiger partial charge in [0, 0.05) is 24.0 Å². The summed E-state index contributed by atoms with van der Waals surface area (Å²) in [6.45, 7) is 0.389. The highest BCUT2D eigenvalue weighted by molar-refractivity contribution is 9.10. The Bertz CT molecular complexity index is 494. The summed E-state index contributed by atoms with van der Waals surface area (Å²) < 4.78 is 31.8. The number of alkyl halides is 2. The van der Waals surface area contributed by atoms with Crippen molar-refractivity contribution in [1.82, 2.24) is 4.90 Å². The van der Waals surface area contributed by atoms with Gasteiger partial charge in [-0.25, -0.2) is 13.6 Å². The number of rotatable bonds is 3. The molecule has 0 N–H and O–H groups in total. The molecule has 3 nitrogen and oxygen atoms in total. The predicted molar refractivity (Wildman–Crippen MR) is 70.3 cm³/mol. The van der Waals surface area contributed by atoms with Crippen molar-refractivity contribution < 1.29 is 18.3 Å². The SMILES string of the molecule is COC(=O)c1ccc(Br)cc1CN1CCC(F)(F)C1. The molecule has 0 saturated carbocycles. The van der Waals surface area contributed by atoms with Crippen LogP contribution in [0.1, 0.15) is 22.3 Å². The van der Waals surface area contributed by atoms with Crippen molar-refractivity contribution in [3.05, 3.63) is 33.8 Å². The Morgan fingerprint density at radius 3 is 2.84 bits per heavy atom. The molecule has 1 aliphatic rings. The molecule has 1 aromatic carbocycles. The molecule has 0 radical (unpaired) electrons. The van der Waals surface area contributed by atoms with Gasteiger partial charge in [-0.15, -0.1) is 0 Å². The van der Waals surface area contributed by atoms with E-state index in [4.69, 9.17) is 4.74 Å². The number of carbonyl (C=O) groups is 1. The van der Waals surface area contributed by atoms with Crippen LogP contribution in [0.5, 0.6) is 0 Å². The fourth-order valence-corrected chi connectivity index (χ4v) is 2.59. The predicted octanol–water partition coefficient (Wildman–Crippen LogP) is 3.08. The van der Waals surface area contributed by atoms with E-state index in [1.165, 1.54) is 7.11 Å². The summed E-state index contributed by atoms with van der Waals surface area (Å²) >= 11 is 3.32. The molecule has 0 bridgehead atoms. The van der Waals surface area contributed by atoms with E-state index in [-0.39, 0.29) is 13.0 Å². The van der Waals surface area contributed by atoms with Crippen LogP contribution in [-0.2, 0) is 11.3 Å². The smallest absolute Gasteiger partial charge is 0.338 e. The molecule has 0 atom stereocenters. The van der Waals surface area contributed by atoms with Crippen molar-refractivity contribution in [2.45, 2.75) is 18.9 Å². The molecular formula is C13H14BrF2NO2. The minimum absolute atomic E-state index is 0.130. The van der Waals surface area contributed by atoms with Crippen LogP contribution in [0.4, 0.5) is 8.78 Å². The molecule has 1 heterocycles. The molecule has 0 aromatic heterocycles. The lowest BCUT2D eigenvalue weighted by atomic mass is 10.1. The maximum absolute atomic E-state index is 13.2. The van der Waals surface area contributed by atoms with Gasteiger partial charge in [0.15, 0.2) is 0 Å². The first-order chi connectivity index (χ1) is 8.91. The van der Waals surface area contributed by atoms with Crippen molar-refractivity contribution in [3.8, 4) is 0 Å². The first-order valence-corrected chi connectivity index (χ1v) is 6.67. The number of nitrogens with zero attached hydrogens (tertiary/aromatic N) is 1. The summed E-state index contributed by atoms with van der Waals surface area (Å²) in [5.74, 6) is -3.08. The number of carbonyl (C=O) groups excluding carboxylic acids is 1. The van der Waals surface area contributed by atoms with Gasteiger partial charge in [-0.1, -0.05) is 15.9 Å². The minimum Gasteiger partial charge on any atom is -0.465 e. The van der Waals surface area contributed by atoms with Crippen LogP contribution < -0.4 is 0 Å². The maximum Gasteiger partial charge on any atom is 0.338 e. The molecule has 1 fully saturated rings. The Balaban J connectivity index is 2.19. The summed E-state index contributed by atoms with van der Waals surface area (Å²) in [5.41, 5.74) is 1.11. The fourth-order valence-electron chi connectivity index (χ4n) is 2.19. The van der Waals surface area contributed by atoms with Gasteiger partial charge in [-0.3, -0.25) is 4.90 Å². The van der Waals surface area contributed by atoms with Crippen molar-refractivity contribution in [2.24, 2.45) is 0 Å². The average Bonchev–Trinajstić information content (AvgIpc) is 2.68. The van der Waals surface area contributed by atoms with E-state index in [0.29, 0.717) is 24.2 Å². The molecule has 1 saturated heterocycles. The van der Waals surface area contributed by atoms with E-state index in [2.05, 4.69) is 15.9 Å². The van der Waals surface area contributed by atoms with Crippen LogP contribution >= 0.6 is 15.9 Å². The second-order valence-corrected chi connectivity index (χ2v) is 5.53. The van der Waals surface area contributed by atoms with Crippen LogP contribution in [0.25, 0.3) is 0 Å². The lowest BCUT2D eigenvalue weighted by Gasteiger charge is -2.17. The molecule has 104 valence electrons. The van der Waals surface area contributed by atoms with Gasteiger partial charge < -0.3 is 4.74 Å². The quantitative estimate of drug-likeness (QED) is 0.796. The van der Waals surface area contributed by atoms with Crippen molar-refractivity contribution in [3.63, 3.8) is 0 Å². The molecule has 0 aliphatic carbocycles. The third-order valence-corrected chi connectivity index (χ3v) is 3.61. The number of hydrogen-bond donors (Lipinski definition) is 0. The van der Waals surface area contributed by atoms with Crippen LogP contribution in [-0.4, -0.2) is 37.0 Å². The third-order valence-electron chi connectivity index (χ3n) is 3.12. The zero-order valence-corrected chi connectivity index (χ0v) is 12.0. The molecular weight excluding hydrogens is 320 g/mol. The highest BCUT2D eigenvalue weighted by Crippen LogP contribution is 2.29. The van der Waals surface area contributed by atoms with Gasteiger partial charge in [0.25, 0.3) is 5.92 Å². The summed E-state index contributed by atoms with van der Waals surface area (Å²) in [6, 6.07) is 5.14. The minimum atomic E-state index is -2.63. The highest BCUT2D eigenvalue weighted by Gasteiger charge is 2.38. The van der Waals surface area contributed by atoms with Crippen molar-refractivity contribution >= 4 is 21.9 Å². The van der Waals surface area contributed by atoms with Crippen LogP contribution in [0, 0.1) is 0 Å². The highest BCUT2D eigenvalue weighted by atomic mass is 79.9. The van der Waals surface area contributed by atoms with Gasteiger partial charge >= 0.3 is 5.97 Å². The van der Waals surface area contributed by atoms with E-state index in [1.54, 1.807) is 23.1 Å². The number of halogens is 3. The Hall–Kier alpha value is -1.01. The number of hydrogen-bond acceptors (Lipinski definition) is 3. The monoisotopic (exact) mass is 333 g/mol. The average molecular weight is 334 g/mol. The summed E-state index contributed by atoms with van der Waals surface area (Å²) in [4.78, 5) is 13.3. The Morgan fingerprint density at radius 1 is 1.53 bits per heavy atom. The maximum atomic E-state index is 13.2. The lowest BCUT2D eigenvalue weighted by Crippen LogP contribution is -2.25. The summed E-state index contributed by atoms with van der Waals surface area (Å²) in [7, 11) is 1.30. The van der Waals surface area contributed by atoms with Gasteiger partial charge in [0.2, 0.25) is 0 Å². The van der Waals surface area contributed by atoms with E-state index in [9.17, 15) is 13.6 Å². The zero-order valence-electron chi connectivity index (χ0n) is 10.5. The number of methoxy groups -OCH3 is 1.